The Morgan fingerprint density at radius 3 is 2.60 bits per heavy atom. The van der Waals surface area contributed by atoms with Crippen molar-refractivity contribution in [1.29, 1.82) is 0 Å². The maximum Gasteiger partial charge on any atom is 0.245 e. The Hall–Kier alpha value is -3.23. The molecule has 1 aliphatic carbocycles. The first-order valence-corrected chi connectivity index (χ1v) is 15.7. The Balaban J connectivity index is 1.36. The summed E-state index contributed by atoms with van der Waals surface area (Å²) < 4.78 is 16.7. The molecule has 5 atom stereocenters. The molecule has 2 aromatic carbocycles. The fourth-order valence-corrected chi connectivity index (χ4v) is 7.87. The van der Waals surface area contributed by atoms with E-state index in [4.69, 9.17) is 0 Å². The SMILES string of the molecule is CN[C@@H](C)C(=O)N[C@H](C(=O)N1CC[C@H]2NC[C@H](c3cn(Cc4ccccc4)c4cc(F)ccc34)[C@]21C)C1CCCCC1. The van der Waals surface area contributed by atoms with E-state index < -0.39 is 11.6 Å². The highest BCUT2D eigenvalue weighted by Gasteiger charge is 2.57. The summed E-state index contributed by atoms with van der Waals surface area (Å²) in [6.45, 7) is 6.08. The maximum atomic E-state index is 14.6. The Labute approximate surface area is 248 Å². The summed E-state index contributed by atoms with van der Waals surface area (Å²) >= 11 is 0. The van der Waals surface area contributed by atoms with E-state index in [2.05, 4.69) is 50.7 Å². The number of nitrogens with one attached hydrogen (secondary N) is 3. The average Bonchev–Trinajstić information content (AvgIpc) is 3.64. The zero-order valence-corrected chi connectivity index (χ0v) is 25.0. The number of amides is 2. The molecule has 2 amide bonds. The third kappa shape index (κ3) is 5.13. The topological polar surface area (TPSA) is 78.4 Å². The molecule has 0 radical (unpaired) electrons. The number of hydrogen-bond donors (Lipinski definition) is 3. The summed E-state index contributed by atoms with van der Waals surface area (Å²) in [6.07, 6.45) is 8.32. The average molecular weight is 574 g/mol. The van der Waals surface area contributed by atoms with Crippen LogP contribution in [0.15, 0.2) is 54.7 Å². The van der Waals surface area contributed by atoms with Crippen LogP contribution in [0.3, 0.4) is 0 Å². The highest BCUT2D eigenvalue weighted by molar-refractivity contribution is 5.91. The third-order valence-electron chi connectivity index (χ3n) is 10.4. The lowest BCUT2D eigenvalue weighted by molar-refractivity contribution is -0.142. The maximum absolute atomic E-state index is 14.6. The molecule has 0 bridgehead atoms. The molecule has 0 unspecified atom stereocenters. The second-order valence-electron chi connectivity index (χ2n) is 12.8. The minimum atomic E-state index is -0.529. The van der Waals surface area contributed by atoms with Gasteiger partial charge < -0.3 is 25.4 Å². The first kappa shape index (κ1) is 28.9. The minimum absolute atomic E-state index is 0.0258. The van der Waals surface area contributed by atoms with Crippen LogP contribution in [-0.4, -0.2) is 65.1 Å². The normalized spacial score (nSPS) is 25.9. The Morgan fingerprint density at radius 2 is 1.86 bits per heavy atom. The van der Waals surface area contributed by atoms with Crippen LogP contribution in [0.5, 0.6) is 0 Å². The monoisotopic (exact) mass is 573 g/mol. The lowest BCUT2D eigenvalue weighted by Gasteiger charge is -2.43. The Kier molecular flexibility index (Phi) is 8.11. The van der Waals surface area contributed by atoms with Gasteiger partial charge in [0, 0.05) is 43.2 Å². The number of fused-ring (bicyclic) bond motifs is 2. The Bertz CT molecular complexity index is 1430. The van der Waals surface area contributed by atoms with Crippen LogP contribution in [0.1, 0.15) is 69.4 Å². The number of carbonyl (C=O) groups is 2. The molecule has 3 N–H and O–H groups in total. The van der Waals surface area contributed by atoms with E-state index in [9.17, 15) is 14.0 Å². The van der Waals surface area contributed by atoms with Crippen molar-refractivity contribution in [2.75, 3.05) is 20.1 Å². The molecule has 1 aromatic heterocycles. The molecular weight excluding hydrogens is 529 g/mol. The van der Waals surface area contributed by atoms with Gasteiger partial charge in [0.05, 0.1) is 17.1 Å². The lowest BCUT2D eigenvalue weighted by atomic mass is 9.78. The predicted octanol–water partition coefficient (Wildman–Crippen LogP) is 4.55. The summed E-state index contributed by atoms with van der Waals surface area (Å²) in [7, 11) is 1.77. The number of carbonyl (C=O) groups excluding carboxylic acids is 2. The zero-order chi connectivity index (χ0) is 29.4. The summed E-state index contributed by atoms with van der Waals surface area (Å²) in [6, 6.07) is 14.5. The second kappa shape index (κ2) is 11.8. The number of likely N-dealkylation sites (N-methyl/N-ethyl adjacent to an activating group) is 1. The van der Waals surface area contributed by atoms with E-state index in [0.717, 1.165) is 60.7 Å². The van der Waals surface area contributed by atoms with Crippen molar-refractivity contribution in [3.8, 4) is 0 Å². The van der Waals surface area contributed by atoms with Crippen molar-refractivity contribution < 1.29 is 14.0 Å². The number of aromatic nitrogens is 1. The molecule has 0 spiro atoms. The molecule has 7 nitrogen and oxygen atoms in total. The highest BCUT2D eigenvalue weighted by Crippen LogP contribution is 2.48. The van der Waals surface area contributed by atoms with E-state index in [1.54, 1.807) is 13.1 Å². The molecule has 3 heterocycles. The molecule has 3 fully saturated rings. The number of likely N-dealkylation sites (tertiary alicyclic amines) is 1. The fraction of sp³-hybridized carbons (Fsp3) is 0.529. The first-order valence-electron chi connectivity index (χ1n) is 15.7. The molecule has 3 aliphatic rings. The molecule has 8 heteroatoms. The smallest absolute Gasteiger partial charge is 0.245 e. The zero-order valence-electron chi connectivity index (χ0n) is 25.0. The van der Waals surface area contributed by atoms with Crippen LogP contribution in [0.4, 0.5) is 4.39 Å². The van der Waals surface area contributed by atoms with E-state index in [-0.39, 0.29) is 41.6 Å². The van der Waals surface area contributed by atoms with Crippen LogP contribution >= 0.6 is 0 Å². The van der Waals surface area contributed by atoms with Crippen molar-refractivity contribution in [3.05, 3.63) is 71.7 Å². The van der Waals surface area contributed by atoms with Crippen LogP contribution in [0, 0.1) is 11.7 Å². The number of nitrogens with zero attached hydrogens (tertiary/aromatic N) is 2. The Morgan fingerprint density at radius 1 is 1.10 bits per heavy atom. The van der Waals surface area contributed by atoms with Crippen molar-refractivity contribution in [2.45, 2.75) is 88.5 Å². The van der Waals surface area contributed by atoms with E-state index in [1.165, 1.54) is 12.5 Å². The van der Waals surface area contributed by atoms with Gasteiger partial charge in [0.15, 0.2) is 0 Å². The van der Waals surface area contributed by atoms with Gasteiger partial charge in [-0.25, -0.2) is 4.39 Å². The number of rotatable bonds is 8. The van der Waals surface area contributed by atoms with Gasteiger partial charge in [0.25, 0.3) is 0 Å². The van der Waals surface area contributed by atoms with Crippen molar-refractivity contribution in [2.24, 2.45) is 5.92 Å². The van der Waals surface area contributed by atoms with E-state index >= 15 is 0 Å². The van der Waals surface area contributed by atoms with Crippen LogP contribution in [-0.2, 0) is 16.1 Å². The summed E-state index contributed by atoms with van der Waals surface area (Å²) in [5.74, 6) is -0.177. The molecule has 6 rings (SSSR count). The molecule has 224 valence electrons. The number of halogens is 1. The third-order valence-corrected chi connectivity index (χ3v) is 10.4. The van der Waals surface area contributed by atoms with Crippen LogP contribution < -0.4 is 16.0 Å². The van der Waals surface area contributed by atoms with Gasteiger partial charge >= 0.3 is 0 Å². The van der Waals surface area contributed by atoms with E-state index in [1.807, 2.05) is 31.2 Å². The minimum Gasteiger partial charge on any atom is -0.343 e. The summed E-state index contributed by atoms with van der Waals surface area (Å²) in [4.78, 5) is 29.7. The first-order chi connectivity index (χ1) is 20.3. The number of benzene rings is 2. The summed E-state index contributed by atoms with van der Waals surface area (Å²) in [5.41, 5.74) is 2.69. The predicted molar refractivity (Wildman–Crippen MR) is 164 cm³/mol. The van der Waals surface area contributed by atoms with Gasteiger partial charge in [-0.1, -0.05) is 49.6 Å². The van der Waals surface area contributed by atoms with Crippen molar-refractivity contribution in [3.63, 3.8) is 0 Å². The van der Waals surface area contributed by atoms with Gasteiger partial charge in [0.1, 0.15) is 11.9 Å². The van der Waals surface area contributed by atoms with Gasteiger partial charge in [-0.05, 0) is 75.4 Å². The molecule has 1 saturated carbocycles. The van der Waals surface area contributed by atoms with Crippen molar-refractivity contribution >= 4 is 22.7 Å². The van der Waals surface area contributed by atoms with Gasteiger partial charge in [-0.3, -0.25) is 9.59 Å². The molecule has 42 heavy (non-hydrogen) atoms. The highest BCUT2D eigenvalue weighted by atomic mass is 19.1. The summed E-state index contributed by atoms with van der Waals surface area (Å²) in [5, 5.41) is 11.0. The lowest BCUT2D eigenvalue weighted by Crippen LogP contribution is -2.61. The largest absolute Gasteiger partial charge is 0.343 e. The van der Waals surface area contributed by atoms with Crippen molar-refractivity contribution in [1.82, 2.24) is 25.4 Å². The standard InChI is InChI=1S/C34H44FN5O2/c1-22(36-3)32(41)38-31(24-12-8-5-9-13-24)33(42)40-17-16-30-34(40,2)28(19-37-30)27-21-39(20-23-10-6-4-7-11-23)29-18-25(35)14-15-26(27)29/h4,6-7,10-11,14-15,18,21-22,24,28,30-31,36-37H,5,8-9,12-13,16-17,19-20H2,1-3H3,(H,38,41)/t22-,28+,30+,31-,34+/m0/s1. The molecule has 2 aliphatic heterocycles. The molecule has 2 saturated heterocycles. The van der Waals surface area contributed by atoms with Gasteiger partial charge in [-0.2, -0.15) is 0 Å². The quantitative estimate of drug-likeness (QED) is 0.370. The van der Waals surface area contributed by atoms with E-state index in [0.29, 0.717) is 13.1 Å². The fourth-order valence-electron chi connectivity index (χ4n) is 7.87. The van der Waals surface area contributed by atoms with Gasteiger partial charge in [-0.15, -0.1) is 0 Å². The van der Waals surface area contributed by atoms with Crippen LogP contribution in [0.25, 0.3) is 10.9 Å². The van der Waals surface area contributed by atoms with Gasteiger partial charge in [0.2, 0.25) is 11.8 Å². The number of hydrogen-bond acceptors (Lipinski definition) is 4. The molecule has 3 aromatic rings. The van der Waals surface area contributed by atoms with Crippen LogP contribution in [0.2, 0.25) is 0 Å². The second-order valence-corrected chi connectivity index (χ2v) is 12.8. The molecular formula is C34H44FN5O2.